The summed E-state index contributed by atoms with van der Waals surface area (Å²) in [6.07, 6.45) is 0. The number of nitrogens with one attached hydrogen (secondary N) is 1. The molecule has 1 aromatic rings. The molecule has 8 heteroatoms. The van der Waals surface area contributed by atoms with E-state index in [4.69, 9.17) is 44.9 Å². The SMILES string of the molecule is COCCOC(=O)C1=C(C)N(C)C(=S)NC1c1ccc(Cl)c(Cl)c1. The zero-order valence-corrected chi connectivity index (χ0v) is 15.9. The maximum absolute atomic E-state index is 12.6. The number of hydrogen-bond acceptors (Lipinski definition) is 4. The lowest BCUT2D eigenvalue weighted by molar-refractivity contribution is -0.140. The molecular weight excluding hydrogens is 371 g/mol. The minimum absolute atomic E-state index is 0.175. The summed E-state index contributed by atoms with van der Waals surface area (Å²) in [6.45, 7) is 2.33. The third-order valence-electron chi connectivity index (χ3n) is 3.77. The van der Waals surface area contributed by atoms with Crippen molar-refractivity contribution in [3.05, 3.63) is 45.1 Å². The number of allylic oxidation sites excluding steroid dienone is 1. The normalized spacial score (nSPS) is 17.8. The number of carbonyl (C=O) groups is 1. The van der Waals surface area contributed by atoms with Gasteiger partial charge in [0.1, 0.15) is 6.61 Å². The van der Waals surface area contributed by atoms with E-state index in [1.54, 1.807) is 37.3 Å². The van der Waals surface area contributed by atoms with Crippen LogP contribution < -0.4 is 5.32 Å². The zero-order valence-electron chi connectivity index (χ0n) is 13.6. The highest BCUT2D eigenvalue weighted by Crippen LogP contribution is 2.33. The van der Waals surface area contributed by atoms with Gasteiger partial charge in [-0.05, 0) is 36.8 Å². The van der Waals surface area contributed by atoms with Crippen molar-refractivity contribution in [3.8, 4) is 0 Å². The van der Waals surface area contributed by atoms with Crippen LogP contribution in [0.25, 0.3) is 0 Å². The van der Waals surface area contributed by atoms with Crippen molar-refractivity contribution in [2.24, 2.45) is 0 Å². The quantitative estimate of drug-likeness (QED) is 0.474. The summed E-state index contributed by atoms with van der Waals surface area (Å²) >= 11 is 17.4. The number of benzene rings is 1. The Labute approximate surface area is 156 Å². The van der Waals surface area contributed by atoms with Crippen LogP contribution in [0.3, 0.4) is 0 Å². The van der Waals surface area contributed by atoms with E-state index >= 15 is 0 Å². The molecule has 0 spiro atoms. The van der Waals surface area contributed by atoms with Crippen LogP contribution in [0, 0.1) is 0 Å². The molecule has 0 aromatic heterocycles. The smallest absolute Gasteiger partial charge is 0.338 e. The van der Waals surface area contributed by atoms with E-state index in [-0.39, 0.29) is 6.61 Å². The van der Waals surface area contributed by atoms with E-state index in [0.717, 1.165) is 11.3 Å². The van der Waals surface area contributed by atoms with Crippen molar-refractivity contribution in [2.75, 3.05) is 27.4 Å². The Balaban J connectivity index is 2.40. The molecule has 0 bridgehead atoms. The van der Waals surface area contributed by atoms with Gasteiger partial charge in [-0.15, -0.1) is 0 Å². The fourth-order valence-corrected chi connectivity index (χ4v) is 2.90. The van der Waals surface area contributed by atoms with Gasteiger partial charge in [0, 0.05) is 19.9 Å². The fraction of sp³-hybridized carbons (Fsp3) is 0.375. The van der Waals surface area contributed by atoms with Crippen LogP contribution in [0.15, 0.2) is 29.5 Å². The van der Waals surface area contributed by atoms with Crippen LogP contribution in [0.5, 0.6) is 0 Å². The van der Waals surface area contributed by atoms with Gasteiger partial charge in [0.05, 0.1) is 28.3 Å². The number of hydrogen-bond donors (Lipinski definition) is 1. The van der Waals surface area contributed by atoms with Crippen molar-refractivity contribution in [2.45, 2.75) is 13.0 Å². The van der Waals surface area contributed by atoms with E-state index in [1.807, 2.05) is 6.92 Å². The van der Waals surface area contributed by atoms with Gasteiger partial charge in [-0.3, -0.25) is 0 Å². The molecule has 1 unspecified atom stereocenters. The largest absolute Gasteiger partial charge is 0.460 e. The number of methoxy groups -OCH3 is 1. The van der Waals surface area contributed by atoms with Gasteiger partial charge in [-0.25, -0.2) is 4.79 Å². The number of halogens is 2. The van der Waals surface area contributed by atoms with Gasteiger partial charge < -0.3 is 19.7 Å². The Morgan fingerprint density at radius 1 is 1.33 bits per heavy atom. The molecule has 24 heavy (non-hydrogen) atoms. The van der Waals surface area contributed by atoms with Gasteiger partial charge in [-0.2, -0.15) is 0 Å². The second kappa shape index (κ2) is 8.16. The molecule has 0 amide bonds. The van der Waals surface area contributed by atoms with Gasteiger partial charge in [0.2, 0.25) is 0 Å². The van der Waals surface area contributed by atoms with Gasteiger partial charge >= 0.3 is 5.97 Å². The molecule has 2 rings (SSSR count). The number of ether oxygens (including phenoxy) is 2. The van der Waals surface area contributed by atoms with Crippen LogP contribution in [0.4, 0.5) is 0 Å². The van der Waals surface area contributed by atoms with E-state index < -0.39 is 12.0 Å². The first-order valence-electron chi connectivity index (χ1n) is 7.22. The average Bonchev–Trinajstić information content (AvgIpc) is 2.55. The van der Waals surface area contributed by atoms with Crippen molar-refractivity contribution in [3.63, 3.8) is 0 Å². The summed E-state index contributed by atoms with van der Waals surface area (Å²) in [4.78, 5) is 14.3. The van der Waals surface area contributed by atoms with Crippen molar-refractivity contribution in [1.29, 1.82) is 0 Å². The van der Waals surface area contributed by atoms with Crippen LogP contribution in [0.2, 0.25) is 10.0 Å². The van der Waals surface area contributed by atoms with E-state index in [9.17, 15) is 4.79 Å². The maximum atomic E-state index is 12.6. The number of carbonyl (C=O) groups excluding carboxylic acids is 1. The van der Waals surface area contributed by atoms with E-state index in [1.165, 1.54) is 0 Å². The summed E-state index contributed by atoms with van der Waals surface area (Å²) in [5, 5.41) is 4.51. The lowest BCUT2D eigenvalue weighted by Crippen LogP contribution is -2.46. The molecule has 1 aromatic carbocycles. The topological polar surface area (TPSA) is 50.8 Å². The Kier molecular flexibility index (Phi) is 6.46. The third kappa shape index (κ3) is 4.00. The van der Waals surface area contributed by atoms with E-state index in [2.05, 4.69) is 5.32 Å². The lowest BCUT2D eigenvalue weighted by Gasteiger charge is -2.35. The monoisotopic (exact) mass is 388 g/mol. The Bertz CT molecular complexity index is 694. The Morgan fingerprint density at radius 2 is 2.04 bits per heavy atom. The summed E-state index contributed by atoms with van der Waals surface area (Å²) in [5.41, 5.74) is 1.97. The maximum Gasteiger partial charge on any atom is 0.338 e. The van der Waals surface area contributed by atoms with Crippen molar-refractivity contribution < 1.29 is 14.3 Å². The average molecular weight is 389 g/mol. The molecule has 0 radical (unpaired) electrons. The first kappa shape index (κ1) is 19.0. The second-order valence-electron chi connectivity index (χ2n) is 5.24. The highest BCUT2D eigenvalue weighted by atomic mass is 35.5. The first-order valence-corrected chi connectivity index (χ1v) is 8.39. The highest BCUT2D eigenvalue weighted by molar-refractivity contribution is 7.80. The molecule has 1 atom stereocenters. The van der Waals surface area contributed by atoms with Gasteiger partial charge in [0.25, 0.3) is 0 Å². The predicted octanol–water partition coefficient (Wildman–Crippen LogP) is 3.32. The summed E-state index contributed by atoms with van der Waals surface area (Å²) in [6, 6.07) is 4.74. The summed E-state index contributed by atoms with van der Waals surface area (Å²) < 4.78 is 10.2. The number of nitrogens with zero attached hydrogens (tertiary/aromatic N) is 1. The molecule has 1 aliphatic heterocycles. The molecule has 0 saturated carbocycles. The predicted molar refractivity (Wildman–Crippen MR) is 98.2 cm³/mol. The van der Waals surface area contributed by atoms with Crippen LogP contribution in [0.1, 0.15) is 18.5 Å². The molecule has 1 heterocycles. The molecular formula is C16H18Cl2N2O3S. The third-order valence-corrected chi connectivity index (χ3v) is 4.90. The van der Waals surface area contributed by atoms with E-state index in [0.29, 0.717) is 27.3 Å². The molecule has 5 nitrogen and oxygen atoms in total. The summed E-state index contributed by atoms with van der Waals surface area (Å²) in [5.74, 6) is -0.428. The van der Waals surface area contributed by atoms with Crippen LogP contribution >= 0.6 is 35.4 Å². The number of rotatable bonds is 5. The fourth-order valence-electron chi connectivity index (χ4n) is 2.34. The summed E-state index contributed by atoms with van der Waals surface area (Å²) in [7, 11) is 3.34. The molecule has 1 aliphatic rings. The Hall–Kier alpha value is -1.34. The highest BCUT2D eigenvalue weighted by Gasteiger charge is 2.33. The van der Waals surface area contributed by atoms with Crippen LogP contribution in [-0.2, 0) is 14.3 Å². The van der Waals surface area contributed by atoms with Crippen molar-refractivity contribution >= 4 is 46.5 Å². The van der Waals surface area contributed by atoms with Gasteiger partial charge in [0.15, 0.2) is 5.11 Å². The van der Waals surface area contributed by atoms with Crippen molar-refractivity contribution in [1.82, 2.24) is 10.2 Å². The minimum atomic E-state index is -0.460. The molecule has 1 N–H and O–H groups in total. The zero-order chi connectivity index (χ0) is 17.9. The molecule has 0 aliphatic carbocycles. The lowest BCUT2D eigenvalue weighted by atomic mass is 9.95. The molecule has 130 valence electrons. The number of thiocarbonyl (C=S) groups is 1. The molecule has 0 fully saturated rings. The van der Waals surface area contributed by atoms with Crippen LogP contribution in [-0.4, -0.2) is 43.4 Å². The number of esters is 1. The second-order valence-corrected chi connectivity index (χ2v) is 6.44. The molecule has 0 saturated heterocycles. The standard InChI is InChI=1S/C16H18Cl2N2O3S/c1-9-13(15(21)23-7-6-22-3)14(19-16(24)20(9)2)10-4-5-11(17)12(18)8-10/h4-5,8,14H,6-7H2,1-3H3,(H,19,24). The first-order chi connectivity index (χ1) is 11.4. The minimum Gasteiger partial charge on any atom is -0.460 e. The van der Waals surface area contributed by atoms with Gasteiger partial charge in [-0.1, -0.05) is 29.3 Å². The Morgan fingerprint density at radius 3 is 2.67 bits per heavy atom.